The van der Waals surface area contributed by atoms with E-state index in [0.717, 1.165) is 35.1 Å². The molecule has 0 aliphatic carbocycles. The number of fused-ring (bicyclic) bond motifs is 1. The molecular weight excluding hydrogens is 622 g/mol. The summed E-state index contributed by atoms with van der Waals surface area (Å²) in [5.41, 5.74) is 3.30. The number of likely N-dealkylation sites (tertiary alicyclic amines) is 1. The van der Waals surface area contributed by atoms with Crippen LogP contribution in [0, 0.1) is 5.82 Å². The van der Waals surface area contributed by atoms with E-state index >= 15 is 0 Å². The average Bonchev–Trinajstić information content (AvgIpc) is 3.45. The predicted octanol–water partition coefficient (Wildman–Crippen LogP) is 7.76. The standard InChI is InChI=1S/C37H37Cl2FN4O2/c1-42(35(45)27-7-3-2-4-8-27)25-29(28-13-16-31(38)32(39)23-28)17-20-43-21-18-37(46,19-22-43)36-41-33-9-5-6-10-34(33)44(36)24-26-11-14-30(40)15-12-26/h2-16,23,29,46H,17-22,24-25H2,1H3. The maximum atomic E-state index is 13.6. The van der Waals surface area contributed by atoms with Crippen LogP contribution in [0.5, 0.6) is 0 Å². The minimum Gasteiger partial charge on any atom is -0.382 e. The van der Waals surface area contributed by atoms with Gasteiger partial charge in [0.1, 0.15) is 17.2 Å². The van der Waals surface area contributed by atoms with Crippen LogP contribution in [0.15, 0.2) is 97.1 Å². The monoisotopic (exact) mass is 658 g/mol. The van der Waals surface area contributed by atoms with E-state index in [2.05, 4.69) is 9.47 Å². The van der Waals surface area contributed by atoms with Gasteiger partial charge in [0, 0.05) is 44.7 Å². The summed E-state index contributed by atoms with van der Waals surface area (Å²) in [6.07, 6.45) is 1.86. The van der Waals surface area contributed by atoms with Crippen molar-refractivity contribution in [2.45, 2.75) is 37.3 Å². The lowest BCUT2D eigenvalue weighted by atomic mass is 9.89. The van der Waals surface area contributed by atoms with E-state index < -0.39 is 5.60 Å². The van der Waals surface area contributed by atoms with Crippen molar-refractivity contribution in [1.82, 2.24) is 19.4 Å². The van der Waals surface area contributed by atoms with Crippen LogP contribution >= 0.6 is 23.2 Å². The second-order valence-electron chi connectivity index (χ2n) is 12.2. The fourth-order valence-corrected chi connectivity index (χ4v) is 6.72. The third-order valence-electron chi connectivity index (χ3n) is 9.08. The Kier molecular flexibility index (Phi) is 9.76. The second kappa shape index (κ2) is 13.9. The van der Waals surface area contributed by atoms with E-state index in [9.17, 15) is 14.3 Å². The van der Waals surface area contributed by atoms with Gasteiger partial charge < -0.3 is 19.5 Å². The summed E-state index contributed by atoms with van der Waals surface area (Å²) in [4.78, 5) is 22.2. The van der Waals surface area contributed by atoms with Gasteiger partial charge in [-0.1, -0.05) is 71.7 Å². The summed E-state index contributed by atoms with van der Waals surface area (Å²) in [5.74, 6) is 0.374. The van der Waals surface area contributed by atoms with Crippen LogP contribution in [0.3, 0.4) is 0 Å². The number of likely N-dealkylation sites (N-methyl/N-ethyl adjacent to an activating group) is 1. The number of imidazole rings is 1. The molecule has 1 fully saturated rings. The number of rotatable bonds is 10. The van der Waals surface area contributed by atoms with Gasteiger partial charge in [-0.25, -0.2) is 9.37 Å². The van der Waals surface area contributed by atoms with E-state index in [1.165, 1.54) is 12.1 Å². The summed E-state index contributed by atoms with van der Waals surface area (Å²) in [6, 6.07) is 29.3. The Labute approximate surface area is 279 Å². The average molecular weight is 660 g/mol. The lowest BCUT2D eigenvalue weighted by Gasteiger charge is -2.38. The summed E-state index contributed by atoms with van der Waals surface area (Å²) < 4.78 is 15.7. The number of amides is 1. The minimum atomic E-state index is -1.10. The third-order valence-corrected chi connectivity index (χ3v) is 9.82. The van der Waals surface area contributed by atoms with Gasteiger partial charge in [0.2, 0.25) is 0 Å². The number of aliphatic hydroxyl groups is 1. The first-order valence-electron chi connectivity index (χ1n) is 15.6. The highest BCUT2D eigenvalue weighted by Crippen LogP contribution is 2.36. The maximum Gasteiger partial charge on any atom is 0.253 e. The summed E-state index contributed by atoms with van der Waals surface area (Å²) in [7, 11) is 1.83. The smallest absolute Gasteiger partial charge is 0.253 e. The molecule has 1 aromatic heterocycles. The van der Waals surface area contributed by atoms with Crippen LogP contribution in [-0.2, 0) is 12.1 Å². The largest absolute Gasteiger partial charge is 0.382 e. The maximum absolute atomic E-state index is 13.6. The molecule has 6 rings (SSSR count). The highest BCUT2D eigenvalue weighted by Gasteiger charge is 2.38. The van der Waals surface area contributed by atoms with Crippen LogP contribution in [0.25, 0.3) is 11.0 Å². The summed E-state index contributed by atoms with van der Waals surface area (Å²) in [5, 5.41) is 13.0. The summed E-state index contributed by atoms with van der Waals surface area (Å²) >= 11 is 12.7. The zero-order chi connectivity index (χ0) is 32.3. The first-order chi connectivity index (χ1) is 22.2. The van der Waals surface area contributed by atoms with E-state index in [1.54, 1.807) is 17.0 Å². The van der Waals surface area contributed by atoms with Crippen molar-refractivity contribution in [3.05, 3.63) is 135 Å². The van der Waals surface area contributed by atoms with Crippen molar-refractivity contribution >= 4 is 40.1 Å². The fraction of sp³-hybridized carbons (Fsp3) is 0.297. The van der Waals surface area contributed by atoms with E-state index in [1.807, 2.05) is 79.8 Å². The Morgan fingerprint density at radius 3 is 2.37 bits per heavy atom. The van der Waals surface area contributed by atoms with Crippen molar-refractivity contribution in [2.24, 2.45) is 0 Å². The summed E-state index contributed by atoms with van der Waals surface area (Å²) in [6.45, 7) is 3.20. The first-order valence-corrected chi connectivity index (χ1v) is 16.4. The molecule has 1 saturated heterocycles. The molecule has 1 atom stereocenters. The lowest BCUT2D eigenvalue weighted by Crippen LogP contribution is -2.44. The zero-order valence-corrected chi connectivity index (χ0v) is 27.3. The fourth-order valence-electron chi connectivity index (χ4n) is 6.42. The molecule has 1 unspecified atom stereocenters. The molecule has 46 heavy (non-hydrogen) atoms. The number of para-hydroxylation sites is 2. The Morgan fingerprint density at radius 2 is 1.65 bits per heavy atom. The van der Waals surface area contributed by atoms with Gasteiger partial charge in [-0.2, -0.15) is 0 Å². The zero-order valence-electron chi connectivity index (χ0n) is 25.8. The highest BCUT2D eigenvalue weighted by molar-refractivity contribution is 6.42. The number of aromatic nitrogens is 2. The molecule has 0 saturated carbocycles. The molecule has 1 aliphatic heterocycles. The molecule has 9 heteroatoms. The van der Waals surface area contributed by atoms with Crippen molar-refractivity contribution in [3.8, 4) is 0 Å². The van der Waals surface area contributed by atoms with Crippen molar-refractivity contribution in [3.63, 3.8) is 0 Å². The Hall–Kier alpha value is -3.75. The Bertz CT molecular complexity index is 1800. The van der Waals surface area contributed by atoms with Gasteiger partial charge in [0.15, 0.2) is 0 Å². The minimum absolute atomic E-state index is 0.0303. The molecule has 1 amide bonds. The highest BCUT2D eigenvalue weighted by atomic mass is 35.5. The topological polar surface area (TPSA) is 61.6 Å². The van der Waals surface area contributed by atoms with Crippen molar-refractivity contribution in [2.75, 3.05) is 33.2 Å². The quantitative estimate of drug-likeness (QED) is 0.167. The number of piperidine rings is 1. The molecule has 1 N–H and O–H groups in total. The predicted molar refractivity (Wildman–Crippen MR) is 182 cm³/mol. The number of hydrogen-bond acceptors (Lipinski definition) is 4. The molecule has 4 aromatic carbocycles. The van der Waals surface area contributed by atoms with Crippen LogP contribution < -0.4 is 0 Å². The first kappa shape index (κ1) is 32.2. The molecule has 0 bridgehead atoms. The number of hydrogen-bond donors (Lipinski definition) is 1. The molecule has 1 aliphatic rings. The van der Waals surface area contributed by atoms with Crippen molar-refractivity contribution in [1.29, 1.82) is 0 Å². The Balaban J connectivity index is 1.16. The molecule has 2 heterocycles. The van der Waals surface area contributed by atoms with Gasteiger partial charge in [-0.05, 0) is 85.5 Å². The van der Waals surface area contributed by atoms with Crippen LogP contribution in [-0.4, -0.2) is 63.6 Å². The van der Waals surface area contributed by atoms with Crippen LogP contribution in [0.1, 0.15) is 52.5 Å². The molecule has 5 aromatic rings. The van der Waals surface area contributed by atoms with E-state index in [4.69, 9.17) is 28.2 Å². The number of carbonyl (C=O) groups excluding carboxylic acids is 1. The van der Waals surface area contributed by atoms with Gasteiger partial charge >= 0.3 is 0 Å². The number of carbonyl (C=O) groups is 1. The van der Waals surface area contributed by atoms with Crippen molar-refractivity contribution < 1.29 is 14.3 Å². The normalized spacial score (nSPS) is 15.6. The van der Waals surface area contributed by atoms with Gasteiger partial charge in [0.05, 0.1) is 21.1 Å². The number of halogens is 3. The van der Waals surface area contributed by atoms with Gasteiger partial charge in [0.25, 0.3) is 5.91 Å². The van der Waals surface area contributed by atoms with Gasteiger partial charge in [-0.15, -0.1) is 0 Å². The Morgan fingerprint density at radius 1 is 0.957 bits per heavy atom. The number of benzene rings is 4. The van der Waals surface area contributed by atoms with E-state index in [-0.39, 0.29) is 17.6 Å². The third kappa shape index (κ3) is 7.13. The molecule has 0 spiro atoms. The van der Waals surface area contributed by atoms with E-state index in [0.29, 0.717) is 60.5 Å². The van der Waals surface area contributed by atoms with Gasteiger partial charge in [-0.3, -0.25) is 4.79 Å². The molecule has 238 valence electrons. The molecular formula is C37H37Cl2FN4O2. The molecule has 0 radical (unpaired) electrons. The molecule has 6 nitrogen and oxygen atoms in total. The second-order valence-corrected chi connectivity index (χ2v) is 13.0. The SMILES string of the molecule is CN(CC(CCN1CCC(O)(c2nc3ccccc3n2Cc2ccc(F)cc2)CC1)c1ccc(Cl)c(Cl)c1)C(=O)c1ccccc1. The van der Waals surface area contributed by atoms with Crippen LogP contribution in [0.2, 0.25) is 10.0 Å². The number of nitrogens with zero attached hydrogens (tertiary/aromatic N) is 4. The van der Waals surface area contributed by atoms with Crippen LogP contribution in [0.4, 0.5) is 4.39 Å². The lowest BCUT2D eigenvalue weighted by molar-refractivity contribution is -0.0353.